The smallest absolute Gasteiger partial charge is 0.305 e. The lowest BCUT2D eigenvalue weighted by molar-refractivity contribution is -0.139. The van der Waals surface area contributed by atoms with E-state index >= 15 is 0 Å². The van der Waals surface area contributed by atoms with E-state index in [0.29, 0.717) is 12.8 Å². The van der Waals surface area contributed by atoms with Gasteiger partial charge in [-0.25, -0.2) is 0 Å². The molecular weight excluding hydrogens is 268 g/mol. The molecule has 0 spiro atoms. The minimum atomic E-state index is -0.977. The monoisotopic (exact) mass is 284 g/mol. The number of carboxylic acid groups (broad SMARTS) is 1. The van der Waals surface area contributed by atoms with Crippen LogP contribution in [0.25, 0.3) is 21.9 Å². The van der Waals surface area contributed by atoms with E-state index in [1.165, 1.54) is 0 Å². The first kappa shape index (κ1) is 13.6. The van der Waals surface area contributed by atoms with Crippen molar-refractivity contribution < 1.29 is 19.4 Å². The highest BCUT2D eigenvalue weighted by molar-refractivity contribution is 6.04. The minimum absolute atomic E-state index is 0.215. The van der Waals surface area contributed by atoms with Gasteiger partial charge in [0.25, 0.3) is 0 Å². The molecule has 1 atom stereocenters. The van der Waals surface area contributed by atoms with Crippen LogP contribution in [0.1, 0.15) is 18.4 Å². The van der Waals surface area contributed by atoms with Gasteiger partial charge in [-0.15, -0.1) is 0 Å². The first-order valence-electron chi connectivity index (χ1n) is 6.93. The second-order valence-corrected chi connectivity index (χ2v) is 5.22. The van der Waals surface area contributed by atoms with E-state index in [-0.39, 0.29) is 6.42 Å². The summed E-state index contributed by atoms with van der Waals surface area (Å²) in [5.74, 6) is -0.977. The highest BCUT2D eigenvalue weighted by atomic mass is 16.4. The second-order valence-electron chi connectivity index (χ2n) is 5.22. The van der Waals surface area contributed by atoms with Crippen LogP contribution < -0.4 is 0 Å². The Balaban J connectivity index is 1.81. The highest BCUT2D eigenvalue weighted by Crippen LogP contribution is 2.29. The van der Waals surface area contributed by atoms with Crippen molar-refractivity contribution >= 4 is 27.9 Å². The Morgan fingerprint density at radius 3 is 2.67 bits per heavy atom. The molecule has 4 heteroatoms. The maximum Gasteiger partial charge on any atom is 0.305 e. The van der Waals surface area contributed by atoms with Crippen molar-refractivity contribution in [3.63, 3.8) is 0 Å². The summed E-state index contributed by atoms with van der Waals surface area (Å²) < 4.78 is 5.81. The van der Waals surface area contributed by atoms with E-state index < -0.39 is 12.1 Å². The molecule has 4 nitrogen and oxygen atoms in total. The number of rotatable bonds is 5. The van der Waals surface area contributed by atoms with Crippen LogP contribution in [-0.4, -0.2) is 22.3 Å². The van der Waals surface area contributed by atoms with Crippen molar-refractivity contribution in [1.29, 1.82) is 0 Å². The van der Waals surface area contributed by atoms with Crippen LogP contribution in [0.2, 0.25) is 0 Å². The normalized spacial score (nSPS) is 12.8. The largest absolute Gasteiger partial charge is 0.481 e. The molecule has 2 N–H and O–H groups in total. The molecule has 1 unspecified atom stereocenters. The molecule has 1 heterocycles. The molecule has 0 radical (unpaired) electrons. The molecule has 0 fully saturated rings. The van der Waals surface area contributed by atoms with Crippen LogP contribution in [0.15, 0.2) is 46.9 Å². The Morgan fingerprint density at radius 2 is 1.86 bits per heavy atom. The molecule has 0 aliphatic rings. The summed E-state index contributed by atoms with van der Waals surface area (Å²) in [5.41, 5.74) is 2.71. The number of aliphatic carboxylic acids is 1. The summed E-state index contributed by atoms with van der Waals surface area (Å²) in [7, 11) is 0. The number of furan rings is 1. The van der Waals surface area contributed by atoms with Crippen molar-refractivity contribution in [3.05, 3.63) is 48.0 Å². The van der Waals surface area contributed by atoms with Gasteiger partial charge in [0.2, 0.25) is 0 Å². The number of aliphatic hydroxyl groups excluding tert-OH is 1. The van der Waals surface area contributed by atoms with E-state index in [0.717, 1.165) is 27.5 Å². The van der Waals surface area contributed by atoms with Crippen molar-refractivity contribution in [2.75, 3.05) is 0 Å². The summed E-state index contributed by atoms with van der Waals surface area (Å²) in [5, 5.41) is 20.4. The second kappa shape index (κ2) is 5.58. The number of carboxylic acids is 1. The van der Waals surface area contributed by atoms with E-state index in [4.69, 9.17) is 9.52 Å². The number of para-hydroxylation sites is 1. The average Bonchev–Trinajstić information content (AvgIpc) is 2.82. The Kier molecular flexibility index (Phi) is 3.62. The molecule has 0 aliphatic heterocycles. The van der Waals surface area contributed by atoms with E-state index in [2.05, 4.69) is 0 Å². The van der Waals surface area contributed by atoms with E-state index in [1.54, 1.807) is 0 Å². The fraction of sp³-hybridized carbons (Fsp3) is 0.235. The average molecular weight is 284 g/mol. The molecule has 0 saturated heterocycles. The number of aryl methyl sites for hydroxylation is 1. The molecular formula is C17H16O4. The van der Waals surface area contributed by atoms with Gasteiger partial charge in [-0.3, -0.25) is 4.79 Å². The van der Waals surface area contributed by atoms with Gasteiger partial charge in [0.1, 0.15) is 11.2 Å². The standard InChI is InChI=1S/C17H16O4/c18-12(10-17(19)20)7-5-11-6-8-14-13-3-1-2-4-15(13)21-16(14)9-11/h1-4,6,8-9,12,18H,5,7,10H2,(H,19,20). The van der Waals surface area contributed by atoms with Gasteiger partial charge in [0.15, 0.2) is 0 Å². The molecule has 21 heavy (non-hydrogen) atoms. The highest BCUT2D eigenvalue weighted by Gasteiger charge is 2.11. The zero-order valence-corrected chi connectivity index (χ0v) is 11.5. The van der Waals surface area contributed by atoms with Crippen LogP contribution in [0.4, 0.5) is 0 Å². The summed E-state index contributed by atoms with van der Waals surface area (Å²) in [6, 6.07) is 13.9. The lowest BCUT2D eigenvalue weighted by atomic mass is 10.0. The number of benzene rings is 2. The molecule has 1 aromatic heterocycles. The third-order valence-electron chi connectivity index (χ3n) is 3.62. The predicted octanol–water partition coefficient (Wildman–Crippen LogP) is 3.35. The third-order valence-corrected chi connectivity index (χ3v) is 3.62. The molecule has 108 valence electrons. The van der Waals surface area contributed by atoms with Crippen LogP contribution >= 0.6 is 0 Å². The summed E-state index contributed by atoms with van der Waals surface area (Å²) in [6.07, 6.45) is 0.0284. The zero-order valence-electron chi connectivity index (χ0n) is 11.5. The lowest BCUT2D eigenvalue weighted by Gasteiger charge is -2.07. The maximum atomic E-state index is 10.5. The zero-order chi connectivity index (χ0) is 14.8. The molecule has 0 amide bonds. The Hall–Kier alpha value is -2.33. The Morgan fingerprint density at radius 1 is 1.10 bits per heavy atom. The topological polar surface area (TPSA) is 70.7 Å². The SMILES string of the molecule is O=C(O)CC(O)CCc1ccc2c(c1)oc1ccccc12. The Bertz CT molecular complexity index is 788. The molecule has 0 saturated carbocycles. The fourth-order valence-electron chi connectivity index (χ4n) is 2.56. The van der Waals surface area contributed by atoms with Gasteiger partial charge in [0.05, 0.1) is 12.5 Å². The summed E-state index contributed by atoms with van der Waals surface area (Å²) >= 11 is 0. The van der Waals surface area contributed by atoms with E-state index in [1.807, 2.05) is 42.5 Å². The third kappa shape index (κ3) is 2.90. The quantitative estimate of drug-likeness (QED) is 0.753. The number of aliphatic hydroxyl groups is 1. The van der Waals surface area contributed by atoms with Gasteiger partial charge < -0.3 is 14.6 Å². The van der Waals surface area contributed by atoms with Gasteiger partial charge in [-0.2, -0.15) is 0 Å². The van der Waals surface area contributed by atoms with Crippen LogP contribution in [0.3, 0.4) is 0 Å². The molecule has 3 rings (SSSR count). The van der Waals surface area contributed by atoms with Crippen LogP contribution in [0, 0.1) is 0 Å². The van der Waals surface area contributed by atoms with Crippen molar-refractivity contribution in [2.24, 2.45) is 0 Å². The van der Waals surface area contributed by atoms with Crippen molar-refractivity contribution in [1.82, 2.24) is 0 Å². The van der Waals surface area contributed by atoms with Gasteiger partial charge >= 0.3 is 5.97 Å². The van der Waals surface area contributed by atoms with Gasteiger partial charge in [-0.1, -0.05) is 30.3 Å². The lowest BCUT2D eigenvalue weighted by Crippen LogP contribution is -2.13. The van der Waals surface area contributed by atoms with Crippen molar-refractivity contribution in [3.8, 4) is 0 Å². The van der Waals surface area contributed by atoms with Crippen LogP contribution in [0.5, 0.6) is 0 Å². The molecule has 3 aromatic rings. The number of fused-ring (bicyclic) bond motifs is 3. The molecule has 2 aromatic carbocycles. The number of hydrogen-bond acceptors (Lipinski definition) is 3. The molecule has 0 bridgehead atoms. The first-order chi connectivity index (χ1) is 10.1. The molecule has 0 aliphatic carbocycles. The predicted molar refractivity (Wildman–Crippen MR) is 80.3 cm³/mol. The van der Waals surface area contributed by atoms with Gasteiger partial charge in [0, 0.05) is 10.8 Å². The van der Waals surface area contributed by atoms with Crippen molar-refractivity contribution in [2.45, 2.75) is 25.4 Å². The number of carbonyl (C=O) groups is 1. The minimum Gasteiger partial charge on any atom is -0.481 e. The van der Waals surface area contributed by atoms with Gasteiger partial charge in [-0.05, 0) is 30.5 Å². The first-order valence-corrected chi connectivity index (χ1v) is 6.93. The maximum absolute atomic E-state index is 10.5. The van der Waals surface area contributed by atoms with E-state index in [9.17, 15) is 9.90 Å². The summed E-state index contributed by atoms with van der Waals surface area (Å²) in [6.45, 7) is 0. The fourth-order valence-corrected chi connectivity index (χ4v) is 2.56. The number of hydrogen-bond donors (Lipinski definition) is 2. The summed E-state index contributed by atoms with van der Waals surface area (Å²) in [4.78, 5) is 10.5. The Labute approximate surface area is 121 Å². The van der Waals surface area contributed by atoms with Crippen LogP contribution in [-0.2, 0) is 11.2 Å².